The van der Waals surface area contributed by atoms with Crippen LogP contribution in [0.2, 0.25) is 0 Å². The molecule has 0 spiro atoms. The highest BCUT2D eigenvalue weighted by atomic mass is 32.2. The summed E-state index contributed by atoms with van der Waals surface area (Å²) in [6.07, 6.45) is 1.49. The van der Waals surface area contributed by atoms with E-state index in [1.54, 1.807) is 0 Å². The molecule has 0 saturated carbocycles. The van der Waals surface area contributed by atoms with Gasteiger partial charge in [0.05, 0.1) is 12.7 Å². The number of amides is 1. The molecule has 0 radical (unpaired) electrons. The molecule has 0 atom stereocenters. The molecule has 1 rings (SSSR count). The lowest BCUT2D eigenvalue weighted by molar-refractivity contribution is -0.120. The Hall–Kier alpha value is -1.40. The second-order valence-corrected chi connectivity index (χ2v) is 6.91. The summed E-state index contributed by atoms with van der Waals surface area (Å²) in [5, 5.41) is 2.74. The van der Waals surface area contributed by atoms with E-state index in [2.05, 4.69) is 5.32 Å². The van der Waals surface area contributed by atoms with Crippen LogP contribution in [0.3, 0.4) is 0 Å². The van der Waals surface area contributed by atoms with Crippen molar-refractivity contribution >= 4 is 15.9 Å². The molecule has 0 aliphatic heterocycles. The lowest BCUT2D eigenvalue weighted by atomic mass is 10.1. The maximum atomic E-state index is 11.7. The maximum Gasteiger partial charge on any atom is 0.224 e. The zero-order valence-electron chi connectivity index (χ0n) is 12.2. The number of sulfonamides is 1. The van der Waals surface area contributed by atoms with E-state index in [0.717, 1.165) is 5.56 Å². The SMILES string of the molecule is CC(C)N(CCNC(=O)Cc1ccccc1)S(C)(=O)=O. The second-order valence-electron chi connectivity index (χ2n) is 4.98. The van der Waals surface area contributed by atoms with Gasteiger partial charge in [0.15, 0.2) is 0 Å². The Morgan fingerprint density at radius 3 is 2.35 bits per heavy atom. The standard InChI is InChI=1S/C14H22N2O3S/c1-12(2)16(20(3,18)19)10-9-15-14(17)11-13-7-5-4-6-8-13/h4-8,12H,9-11H2,1-3H3,(H,15,17). The molecule has 1 N–H and O–H groups in total. The molecule has 112 valence electrons. The van der Waals surface area contributed by atoms with Crippen LogP contribution in [0.1, 0.15) is 19.4 Å². The molecule has 0 aliphatic rings. The first kappa shape index (κ1) is 16.7. The van der Waals surface area contributed by atoms with E-state index in [4.69, 9.17) is 0 Å². The van der Waals surface area contributed by atoms with Crippen LogP contribution in [0, 0.1) is 0 Å². The van der Waals surface area contributed by atoms with E-state index < -0.39 is 10.0 Å². The van der Waals surface area contributed by atoms with Crippen LogP contribution in [0.4, 0.5) is 0 Å². The summed E-state index contributed by atoms with van der Waals surface area (Å²) < 4.78 is 24.5. The van der Waals surface area contributed by atoms with Crippen molar-refractivity contribution in [1.82, 2.24) is 9.62 Å². The molecular weight excluding hydrogens is 276 g/mol. The highest BCUT2D eigenvalue weighted by Gasteiger charge is 2.19. The van der Waals surface area contributed by atoms with E-state index in [9.17, 15) is 13.2 Å². The Labute approximate surface area is 121 Å². The number of hydrogen-bond acceptors (Lipinski definition) is 3. The fourth-order valence-corrected chi connectivity index (χ4v) is 3.15. The minimum absolute atomic E-state index is 0.103. The first-order valence-corrected chi connectivity index (χ1v) is 8.43. The van der Waals surface area contributed by atoms with Crippen molar-refractivity contribution in [3.8, 4) is 0 Å². The van der Waals surface area contributed by atoms with Gasteiger partial charge in [-0.25, -0.2) is 8.42 Å². The van der Waals surface area contributed by atoms with Gasteiger partial charge in [0.1, 0.15) is 0 Å². The summed E-state index contributed by atoms with van der Waals surface area (Å²) in [5.41, 5.74) is 0.939. The average Bonchev–Trinajstić information content (AvgIpc) is 2.33. The molecule has 1 amide bonds. The average molecular weight is 298 g/mol. The molecule has 1 aromatic rings. The van der Waals surface area contributed by atoms with Gasteiger partial charge in [-0.15, -0.1) is 0 Å². The van der Waals surface area contributed by atoms with Gasteiger partial charge in [-0.1, -0.05) is 30.3 Å². The molecule has 1 aromatic carbocycles. The molecule has 0 fully saturated rings. The number of benzene rings is 1. The normalized spacial score (nSPS) is 11.8. The predicted molar refractivity (Wildman–Crippen MR) is 79.8 cm³/mol. The third-order valence-electron chi connectivity index (χ3n) is 2.86. The molecule has 0 aromatic heterocycles. The molecule has 5 nitrogen and oxygen atoms in total. The Bertz CT molecular complexity index is 527. The summed E-state index contributed by atoms with van der Waals surface area (Å²) in [5.74, 6) is -0.103. The van der Waals surface area contributed by atoms with Gasteiger partial charge in [-0.3, -0.25) is 4.79 Å². The lowest BCUT2D eigenvalue weighted by Crippen LogP contribution is -2.42. The summed E-state index contributed by atoms with van der Waals surface area (Å²) in [6.45, 7) is 4.23. The minimum atomic E-state index is -3.24. The van der Waals surface area contributed by atoms with Gasteiger partial charge < -0.3 is 5.32 Å². The number of rotatable bonds is 7. The van der Waals surface area contributed by atoms with Crippen LogP contribution in [0.15, 0.2) is 30.3 Å². The number of carbonyl (C=O) groups is 1. The largest absolute Gasteiger partial charge is 0.354 e. The van der Waals surface area contributed by atoms with Crippen molar-refractivity contribution in [3.63, 3.8) is 0 Å². The molecule has 0 heterocycles. The number of hydrogen-bond donors (Lipinski definition) is 1. The first-order chi connectivity index (χ1) is 9.30. The van der Waals surface area contributed by atoms with Gasteiger partial charge in [0.25, 0.3) is 0 Å². The first-order valence-electron chi connectivity index (χ1n) is 6.58. The maximum absolute atomic E-state index is 11.7. The van der Waals surface area contributed by atoms with Crippen molar-refractivity contribution in [1.29, 1.82) is 0 Å². The molecular formula is C14H22N2O3S. The smallest absolute Gasteiger partial charge is 0.224 e. The van der Waals surface area contributed by atoms with E-state index in [0.29, 0.717) is 13.0 Å². The third kappa shape index (κ3) is 5.71. The third-order valence-corrected chi connectivity index (χ3v) is 4.32. The quantitative estimate of drug-likeness (QED) is 0.817. The van der Waals surface area contributed by atoms with E-state index in [-0.39, 0.29) is 18.5 Å². The summed E-state index contributed by atoms with van der Waals surface area (Å²) in [4.78, 5) is 11.7. The fraction of sp³-hybridized carbons (Fsp3) is 0.500. The van der Waals surface area contributed by atoms with Crippen LogP contribution >= 0.6 is 0 Å². The Kier molecular flexibility index (Phi) is 6.16. The Morgan fingerprint density at radius 2 is 1.85 bits per heavy atom. The molecule has 20 heavy (non-hydrogen) atoms. The van der Waals surface area contributed by atoms with E-state index in [1.165, 1.54) is 10.6 Å². The van der Waals surface area contributed by atoms with Crippen molar-refractivity contribution < 1.29 is 13.2 Å². The van der Waals surface area contributed by atoms with Gasteiger partial charge >= 0.3 is 0 Å². The van der Waals surface area contributed by atoms with E-state index >= 15 is 0 Å². The highest BCUT2D eigenvalue weighted by Crippen LogP contribution is 2.04. The second kappa shape index (κ2) is 7.40. The summed E-state index contributed by atoms with van der Waals surface area (Å²) in [6, 6.07) is 9.32. The van der Waals surface area contributed by atoms with Crippen LogP contribution in [-0.2, 0) is 21.2 Å². The van der Waals surface area contributed by atoms with Gasteiger partial charge in [-0.2, -0.15) is 4.31 Å². The van der Waals surface area contributed by atoms with Crippen LogP contribution < -0.4 is 5.32 Å². The lowest BCUT2D eigenvalue weighted by Gasteiger charge is -2.23. The molecule has 6 heteroatoms. The monoisotopic (exact) mass is 298 g/mol. The number of carbonyl (C=O) groups excluding carboxylic acids is 1. The zero-order valence-corrected chi connectivity index (χ0v) is 13.0. The fourth-order valence-electron chi connectivity index (χ4n) is 1.96. The summed E-state index contributed by atoms with van der Waals surface area (Å²) >= 11 is 0. The minimum Gasteiger partial charge on any atom is -0.354 e. The molecule has 0 aliphatic carbocycles. The van der Waals surface area contributed by atoms with Crippen molar-refractivity contribution in [2.24, 2.45) is 0 Å². The van der Waals surface area contributed by atoms with Crippen molar-refractivity contribution in [2.75, 3.05) is 19.3 Å². The predicted octanol–water partition coefficient (Wildman–Crippen LogP) is 1.02. The van der Waals surface area contributed by atoms with E-state index in [1.807, 2.05) is 44.2 Å². The Balaban J connectivity index is 2.42. The van der Waals surface area contributed by atoms with Gasteiger partial charge in [-0.05, 0) is 19.4 Å². The molecule has 0 unspecified atom stereocenters. The summed E-state index contributed by atoms with van der Waals surface area (Å²) in [7, 11) is -3.24. The number of nitrogens with zero attached hydrogens (tertiary/aromatic N) is 1. The van der Waals surface area contributed by atoms with Crippen molar-refractivity contribution in [2.45, 2.75) is 26.3 Å². The van der Waals surface area contributed by atoms with Crippen molar-refractivity contribution in [3.05, 3.63) is 35.9 Å². The number of nitrogens with one attached hydrogen (secondary N) is 1. The molecule has 0 saturated heterocycles. The van der Waals surface area contributed by atoms with Gasteiger partial charge in [0, 0.05) is 19.1 Å². The highest BCUT2D eigenvalue weighted by molar-refractivity contribution is 7.88. The van der Waals surface area contributed by atoms with Crippen LogP contribution in [0.5, 0.6) is 0 Å². The Morgan fingerprint density at radius 1 is 1.25 bits per heavy atom. The van der Waals surface area contributed by atoms with Gasteiger partial charge in [0.2, 0.25) is 15.9 Å². The topological polar surface area (TPSA) is 66.5 Å². The zero-order chi connectivity index (χ0) is 15.2. The van der Waals surface area contributed by atoms with Crippen LogP contribution in [-0.4, -0.2) is 44.0 Å². The molecule has 0 bridgehead atoms. The van der Waals surface area contributed by atoms with Crippen LogP contribution in [0.25, 0.3) is 0 Å².